The average Bonchev–Trinajstić information content (AvgIpc) is 3.03. The second-order valence-corrected chi connectivity index (χ2v) is 14.8. The minimum Gasteiger partial charge on any atom is -0.464 e. The van der Waals surface area contributed by atoms with Gasteiger partial charge in [-0.3, -0.25) is 0 Å². The van der Waals surface area contributed by atoms with Crippen molar-refractivity contribution in [3.05, 3.63) is 0 Å². The summed E-state index contributed by atoms with van der Waals surface area (Å²) >= 11 is 0. The summed E-state index contributed by atoms with van der Waals surface area (Å²) in [6, 6.07) is 0. The van der Waals surface area contributed by atoms with Gasteiger partial charge in [0.1, 0.15) is 0 Å². The molecule has 2 N–H and O–H groups in total. The lowest BCUT2D eigenvalue weighted by atomic mass is 10.0. The molecule has 6 nitrogen and oxygen atoms in total. The van der Waals surface area contributed by atoms with Crippen molar-refractivity contribution in [2.75, 3.05) is 13.2 Å². The highest BCUT2D eigenvalue weighted by atomic mass is 16.6. The number of hydrogen-bond acceptors (Lipinski definition) is 6. The summed E-state index contributed by atoms with van der Waals surface area (Å²) in [7, 11) is 0. The quantitative estimate of drug-likeness (QED) is 0.0522. The summed E-state index contributed by atoms with van der Waals surface area (Å²) in [6.45, 7) is 9.59. The zero-order valence-corrected chi connectivity index (χ0v) is 31.1. The van der Waals surface area contributed by atoms with E-state index >= 15 is 0 Å². The molecular formula is C40H78O6. The van der Waals surface area contributed by atoms with E-state index in [1.165, 1.54) is 141 Å². The molecule has 2 unspecified atom stereocenters. The maximum atomic E-state index is 12.0. The van der Waals surface area contributed by atoms with Crippen LogP contribution in [0.15, 0.2) is 0 Å². The van der Waals surface area contributed by atoms with Gasteiger partial charge in [-0.05, 0) is 24.7 Å². The Morgan fingerprint density at radius 1 is 0.370 bits per heavy atom. The Kier molecular flexibility index (Phi) is 32.9. The molecule has 0 saturated heterocycles. The number of unbranched alkanes of at least 4 members (excludes halogenated alkanes) is 24. The summed E-state index contributed by atoms with van der Waals surface area (Å²) in [4.78, 5) is 24.1. The Balaban J connectivity index is 3.52. The number of carbonyl (C=O) groups excluding carboxylic acids is 2. The summed E-state index contributed by atoms with van der Waals surface area (Å²) in [6.07, 6.45) is 31.1. The third-order valence-corrected chi connectivity index (χ3v) is 9.12. The molecule has 0 heterocycles. The summed E-state index contributed by atoms with van der Waals surface area (Å²) in [5.74, 6) is -0.263. The fraction of sp³-hybridized carbons (Fsp3) is 0.950. The molecule has 0 bridgehead atoms. The Morgan fingerprint density at radius 2 is 0.565 bits per heavy atom. The van der Waals surface area contributed by atoms with Gasteiger partial charge in [0.15, 0.2) is 12.2 Å². The molecule has 0 fully saturated rings. The van der Waals surface area contributed by atoms with E-state index < -0.39 is 24.1 Å². The van der Waals surface area contributed by atoms with Gasteiger partial charge in [-0.2, -0.15) is 0 Å². The number of rotatable bonds is 35. The molecule has 0 saturated carbocycles. The normalized spacial score (nSPS) is 13.0. The van der Waals surface area contributed by atoms with Crippen LogP contribution in [0.1, 0.15) is 207 Å². The van der Waals surface area contributed by atoms with Gasteiger partial charge < -0.3 is 19.7 Å². The lowest BCUT2D eigenvalue weighted by molar-refractivity contribution is -0.173. The molecule has 2 atom stereocenters. The van der Waals surface area contributed by atoms with Crippen LogP contribution in [0.4, 0.5) is 0 Å². The molecule has 0 aromatic carbocycles. The van der Waals surface area contributed by atoms with Crippen molar-refractivity contribution < 1.29 is 29.3 Å². The summed E-state index contributed by atoms with van der Waals surface area (Å²) < 4.78 is 10.2. The Morgan fingerprint density at radius 3 is 0.783 bits per heavy atom. The monoisotopic (exact) mass is 655 g/mol. The first-order valence-corrected chi connectivity index (χ1v) is 19.9. The lowest BCUT2D eigenvalue weighted by Crippen LogP contribution is -2.41. The Hall–Kier alpha value is -1.14. The van der Waals surface area contributed by atoms with E-state index in [0.717, 1.165) is 37.5 Å². The minimum absolute atomic E-state index is 0.188. The summed E-state index contributed by atoms with van der Waals surface area (Å²) in [5, 5.41) is 20.0. The van der Waals surface area contributed by atoms with Gasteiger partial charge in [0.05, 0.1) is 13.2 Å². The van der Waals surface area contributed by atoms with Crippen molar-refractivity contribution in [1.29, 1.82) is 0 Å². The molecule has 0 spiro atoms. The highest BCUT2D eigenvalue weighted by Crippen LogP contribution is 2.16. The molecule has 0 amide bonds. The highest BCUT2D eigenvalue weighted by Gasteiger charge is 2.32. The largest absolute Gasteiger partial charge is 0.464 e. The van der Waals surface area contributed by atoms with Crippen molar-refractivity contribution >= 4 is 11.9 Å². The number of ether oxygens (including phenoxy) is 2. The molecule has 0 aliphatic carbocycles. The second-order valence-electron chi connectivity index (χ2n) is 14.8. The number of carbonyl (C=O) groups is 2. The van der Waals surface area contributed by atoms with Gasteiger partial charge in [0.2, 0.25) is 0 Å². The second kappa shape index (κ2) is 33.7. The van der Waals surface area contributed by atoms with E-state index in [1.54, 1.807) is 0 Å². The number of aliphatic hydroxyl groups is 2. The van der Waals surface area contributed by atoms with Crippen molar-refractivity contribution in [2.24, 2.45) is 11.8 Å². The third kappa shape index (κ3) is 31.5. The van der Waals surface area contributed by atoms with E-state index in [0.29, 0.717) is 12.8 Å². The first-order valence-electron chi connectivity index (χ1n) is 19.9. The predicted molar refractivity (Wildman–Crippen MR) is 193 cm³/mol. The minimum atomic E-state index is -1.91. The zero-order chi connectivity index (χ0) is 34.1. The molecular weight excluding hydrogens is 576 g/mol. The first-order chi connectivity index (χ1) is 22.3. The maximum Gasteiger partial charge on any atom is 0.338 e. The van der Waals surface area contributed by atoms with Gasteiger partial charge >= 0.3 is 11.9 Å². The Bertz CT molecular complexity index is 608. The fourth-order valence-corrected chi connectivity index (χ4v) is 5.97. The van der Waals surface area contributed by atoms with E-state index in [2.05, 4.69) is 27.7 Å². The molecule has 0 aliphatic heterocycles. The topological polar surface area (TPSA) is 93.1 Å². The standard InChI is InChI=1S/C40H78O6/c1-35(2)31-27-23-19-15-11-7-5-9-13-17-21-25-29-33-45-39(43)37(41)38(42)40(44)46-34-30-26-22-18-14-10-6-8-12-16-20-24-28-32-36(3)4/h35-38,41-42H,5-34H2,1-4H3. The van der Waals surface area contributed by atoms with Crippen LogP contribution in [0.5, 0.6) is 0 Å². The van der Waals surface area contributed by atoms with Crippen LogP contribution in [-0.2, 0) is 19.1 Å². The van der Waals surface area contributed by atoms with Crippen LogP contribution < -0.4 is 0 Å². The summed E-state index contributed by atoms with van der Waals surface area (Å²) in [5.41, 5.74) is 0. The van der Waals surface area contributed by atoms with E-state index in [4.69, 9.17) is 9.47 Å². The van der Waals surface area contributed by atoms with Crippen molar-refractivity contribution in [1.82, 2.24) is 0 Å². The smallest absolute Gasteiger partial charge is 0.338 e. The van der Waals surface area contributed by atoms with Gasteiger partial charge in [-0.25, -0.2) is 9.59 Å². The van der Waals surface area contributed by atoms with E-state index in [1.807, 2.05) is 0 Å². The van der Waals surface area contributed by atoms with Crippen molar-refractivity contribution in [3.63, 3.8) is 0 Å². The van der Waals surface area contributed by atoms with Gasteiger partial charge in [-0.1, -0.05) is 195 Å². The van der Waals surface area contributed by atoms with Crippen LogP contribution in [0.3, 0.4) is 0 Å². The first kappa shape index (κ1) is 44.9. The van der Waals surface area contributed by atoms with E-state index in [-0.39, 0.29) is 13.2 Å². The molecule has 6 heteroatoms. The molecule has 0 aliphatic rings. The van der Waals surface area contributed by atoms with Crippen LogP contribution in [-0.4, -0.2) is 47.6 Å². The van der Waals surface area contributed by atoms with Crippen LogP contribution >= 0.6 is 0 Å². The van der Waals surface area contributed by atoms with Crippen LogP contribution in [0.2, 0.25) is 0 Å². The average molecular weight is 655 g/mol. The Labute approximate surface area is 285 Å². The molecule has 0 radical (unpaired) electrons. The van der Waals surface area contributed by atoms with Gasteiger partial charge in [-0.15, -0.1) is 0 Å². The highest BCUT2D eigenvalue weighted by molar-refractivity contribution is 5.85. The van der Waals surface area contributed by atoms with Crippen molar-refractivity contribution in [2.45, 2.75) is 220 Å². The third-order valence-electron chi connectivity index (χ3n) is 9.12. The fourth-order valence-electron chi connectivity index (χ4n) is 5.97. The number of aliphatic hydroxyl groups excluding tert-OH is 2. The van der Waals surface area contributed by atoms with Crippen LogP contribution in [0, 0.1) is 11.8 Å². The zero-order valence-electron chi connectivity index (χ0n) is 31.1. The van der Waals surface area contributed by atoms with Gasteiger partial charge in [0.25, 0.3) is 0 Å². The number of hydrogen-bond donors (Lipinski definition) is 2. The van der Waals surface area contributed by atoms with Crippen LogP contribution in [0.25, 0.3) is 0 Å². The van der Waals surface area contributed by atoms with Gasteiger partial charge in [0, 0.05) is 0 Å². The van der Waals surface area contributed by atoms with Crippen molar-refractivity contribution in [3.8, 4) is 0 Å². The predicted octanol–water partition coefficient (Wildman–Crippen LogP) is 11.0. The molecule has 274 valence electrons. The molecule has 0 aromatic heterocycles. The number of esters is 2. The molecule has 46 heavy (non-hydrogen) atoms. The van der Waals surface area contributed by atoms with E-state index in [9.17, 15) is 19.8 Å². The lowest BCUT2D eigenvalue weighted by Gasteiger charge is -2.16. The SMILES string of the molecule is CC(C)CCCCCCCCCCCCCCCOC(=O)C(O)C(O)C(=O)OCCCCCCCCCCCCCCCC(C)C. The molecule has 0 aromatic rings. The molecule has 0 rings (SSSR count). The maximum absolute atomic E-state index is 12.0.